The molecular formula is C34H58O7P+. The van der Waals surface area contributed by atoms with Crippen LogP contribution in [-0.2, 0) is 28.2 Å². The van der Waals surface area contributed by atoms with E-state index in [-0.39, 0.29) is 25.6 Å². The van der Waals surface area contributed by atoms with Crippen LogP contribution in [-0.4, -0.2) is 36.1 Å². The van der Waals surface area contributed by atoms with E-state index in [0.717, 1.165) is 83.5 Å². The zero-order valence-corrected chi connectivity index (χ0v) is 27.1. The van der Waals surface area contributed by atoms with Crippen LogP contribution in [0.1, 0.15) is 135 Å². The maximum absolute atomic E-state index is 12.2. The van der Waals surface area contributed by atoms with Crippen LogP contribution in [0.15, 0.2) is 49.1 Å². The smallest absolute Gasteiger partial charge is 0.462 e. The number of hydrogen-bond donors (Lipinski definition) is 1. The molecular weight excluding hydrogens is 551 g/mol. The highest BCUT2D eigenvalue weighted by molar-refractivity contribution is 7.32. The van der Waals surface area contributed by atoms with Crippen LogP contribution in [0.4, 0.5) is 0 Å². The molecule has 0 aromatic heterocycles. The van der Waals surface area contributed by atoms with Crippen molar-refractivity contribution in [2.45, 2.75) is 141 Å². The minimum atomic E-state index is -2.83. The molecule has 0 fully saturated rings. The monoisotopic (exact) mass is 609 g/mol. The number of carbonyl (C=O) groups excluding carboxylic acids is 2. The van der Waals surface area contributed by atoms with Gasteiger partial charge in [0.25, 0.3) is 0 Å². The third kappa shape index (κ3) is 30.9. The van der Waals surface area contributed by atoms with Gasteiger partial charge in [-0.1, -0.05) is 101 Å². The fourth-order valence-corrected chi connectivity index (χ4v) is 4.51. The van der Waals surface area contributed by atoms with Crippen molar-refractivity contribution < 1.29 is 33.0 Å². The summed E-state index contributed by atoms with van der Waals surface area (Å²) in [6.45, 7) is 5.43. The van der Waals surface area contributed by atoms with Gasteiger partial charge in [0.2, 0.25) is 0 Å². The summed E-state index contributed by atoms with van der Waals surface area (Å²) in [6, 6.07) is 0. The highest BCUT2D eigenvalue weighted by atomic mass is 31.1. The zero-order valence-electron chi connectivity index (χ0n) is 26.2. The number of unbranched alkanes of at least 4 members (excludes halogenated alkanes) is 13. The van der Waals surface area contributed by atoms with E-state index in [4.69, 9.17) is 18.9 Å². The van der Waals surface area contributed by atoms with Gasteiger partial charge >= 0.3 is 20.2 Å². The summed E-state index contributed by atoms with van der Waals surface area (Å²) < 4.78 is 26.3. The number of rotatable bonds is 30. The Kier molecular flexibility index (Phi) is 30.3. The summed E-state index contributed by atoms with van der Waals surface area (Å²) >= 11 is 0. The first-order valence-electron chi connectivity index (χ1n) is 16.2. The number of allylic oxidation sites excluding steroid dienone is 7. The van der Waals surface area contributed by atoms with E-state index >= 15 is 0 Å². The summed E-state index contributed by atoms with van der Waals surface area (Å²) in [5, 5.41) is 0. The average molecular weight is 610 g/mol. The largest absolute Gasteiger partial charge is 0.694 e. The van der Waals surface area contributed by atoms with Crippen LogP contribution >= 0.6 is 8.25 Å². The van der Waals surface area contributed by atoms with E-state index in [0.29, 0.717) is 12.8 Å². The first kappa shape index (κ1) is 39.9. The summed E-state index contributed by atoms with van der Waals surface area (Å²) in [7, 11) is -2.83. The van der Waals surface area contributed by atoms with Crippen molar-refractivity contribution in [2.75, 3.05) is 13.2 Å². The number of ether oxygens (including phenoxy) is 2. The SMILES string of the molecule is C=CC/C=C/CCCCCCCC(=O)O[C@H](COC(=O)CCCCCCC/C=C/C/C=C\CCCCC)CO[P+](=O)O. The molecule has 1 unspecified atom stereocenters. The lowest BCUT2D eigenvalue weighted by Gasteiger charge is -2.15. The van der Waals surface area contributed by atoms with Crippen molar-refractivity contribution in [2.24, 2.45) is 0 Å². The molecule has 0 aliphatic rings. The van der Waals surface area contributed by atoms with Crippen molar-refractivity contribution in [3.63, 3.8) is 0 Å². The Balaban J connectivity index is 3.94. The van der Waals surface area contributed by atoms with Gasteiger partial charge in [-0.15, -0.1) is 16.0 Å². The Morgan fingerprint density at radius 3 is 1.74 bits per heavy atom. The Labute approximate surface area is 256 Å². The molecule has 42 heavy (non-hydrogen) atoms. The number of carbonyl (C=O) groups is 2. The molecule has 0 saturated carbocycles. The van der Waals surface area contributed by atoms with Crippen molar-refractivity contribution in [1.29, 1.82) is 0 Å². The molecule has 0 saturated heterocycles. The first-order valence-corrected chi connectivity index (χ1v) is 17.3. The van der Waals surface area contributed by atoms with Gasteiger partial charge in [0.15, 0.2) is 6.10 Å². The second-order valence-corrected chi connectivity index (χ2v) is 11.3. The van der Waals surface area contributed by atoms with E-state index < -0.39 is 20.3 Å². The molecule has 0 heterocycles. The van der Waals surface area contributed by atoms with Gasteiger partial charge in [0.05, 0.1) is 0 Å². The lowest BCUT2D eigenvalue weighted by Crippen LogP contribution is -2.29. The first-order chi connectivity index (χ1) is 20.5. The van der Waals surface area contributed by atoms with Gasteiger partial charge in [-0.2, -0.15) is 0 Å². The summed E-state index contributed by atoms with van der Waals surface area (Å²) in [4.78, 5) is 33.3. The molecule has 0 radical (unpaired) electrons. The Morgan fingerprint density at radius 1 is 0.690 bits per heavy atom. The molecule has 0 aromatic rings. The molecule has 1 N–H and O–H groups in total. The summed E-state index contributed by atoms with van der Waals surface area (Å²) in [6.07, 6.45) is 33.9. The average Bonchev–Trinajstić information content (AvgIpc) is 2.97. The van der Waals surface area contributed by atoms with Crippen molar-refractivity contribution in [1.82, 2.24) is 0 Å². The van der Waals surface area contributed by atoms with Crippen molar-refractivity contribution >= 4 is 20.2 Å². The molecule has 0 bridgehead atoms. The fourth-order valence-electron chi connectivity index (χ4n) is 4.22. The number of esters is 2. The third-order valence-corrected chi connectivity index (χ3v) is 7.02. The van der Waals surface area contributed by atoms with Gasteiger partial charge in [-0.05, 0) is 64.2 Å². The highest BCUT2D eigenvalue weighted by Crippen LogP contribution is 2.17. The predicted octanol–water partition coefficient (Wildman–Crippen LogP) is 9.78. The third-order valence-electron chi connectivity index (χ3n) is 6.65. The molecule has 0 amide bonds. The molecule has 240 valence electrons. The van der Waals surface area contributed by atoms with Crippen LogP contribution in [0.2, 0.25) is 0 Å². The van der Waals surface area contributed by atoms with Crippen LogP contribution in [0.3, 0.4) is 0 Å². The second-order valence-electron chi connectivity index (χ2n) is 10.6. The number of hydrogen-bond acceptors (Lipinski definition) is 6. The lowest BCUT2D eigenvalue weighted by molar-refractivity contribution is -0.161. The quantitative estimate of drug-likeness (QED) is 0.0374. The molecule has 8 heteroatoms. The Bertz CT molecular complexity index is 776. The molecule has 0 aromatic carbocycles. The normalized spacial score (nSPS) is 12.8. The van der Waals surface area contributed by atoms with Crippen LogP contribution in [0.5, 0.6) is 0 Å². The maximum Gasteiger partial charge on any atom is 0.694 e. The molecule has 0 spiro atoms. The molecule has 2 atom stereocenters. The minimum absolute atomic E-state index is 0.187. The molecule has 7 nitrogen and oxygen atoms in total. The topological polar surface area (TPSA) is 99.1 Å². The van der Waals surface area contributed by atoms with E-state index in [1.165, 1.54) is 25.7 Å². The van der Waals surface area contributed by atoms with E-state index in [2.05, 4.69) is 50.0 Å². The molecule has 0 aliphatic heterocycles. The van der Waals surface area contributed by atoms with Gasteiger partial charge in [-0.25, -0.2) is 0 Å². The summed E-state index contributed by atoms with van der Waals surface area (Å²) in [5.74, 6) is -0.789. The minimum Gasteiger partial charge on any atom is -0.462 e. The van der Waals surface area contributed by atoms with Gasteiger partial charge < -0.3 is 9.47 Å². The zero-order chi connectivity index (χ0) is 30.9. The Hall–Kier alpha value is -2.08. The second kappa shape index (κ2) is 31.8. The van der Waals surface area contributed by atoms with E-state index in [9.17, 15) is 14.2 Å². The molecule has 0 rings (SSSR count). The summed E-state index contributed by atoms with van der Waals surface area (Å²) in [5.41, 5.74) is 0. The molecule has 0 aliphatic carbocycles. The fraction of sp³-hybridized carbons (Fsp3) is 0.706. The van der Waals surface area contributed by atoms with Gasteiger partial charge in [0.1, 0.15) is 13.2 Å². The maximum atomic E-state index is 12.2. The highest BCUT2D eigenvalue weighted by Gasteiger charge is 2.23. The van der Waals surface area contributed by atoms with E-state index in [1.54, 1.807) is 0 Å². The predicted molar refractivity (Wildman–Crippen MR) is 172 cm³/mol. The van der Waals surface area contributed by atoms with Crippen molar-refractivity contribution in [3.05, 3.63) is 49.1 Å². The van der Waals surface area contributed by atoms with Gasteiger partial charge in [-0.3, -0.25) is 9.59 Å². The van der Waals surface area contributed by atoms with Crippen LogP contribution in [0.25, 0.3) is 0 Å². The van der Waals surface area contributed by atoms with Crippen LogP contribution in [0, 0.1) is 0 Å². The van der Waals surface area contributed by atoms with Crippen LogP contribution < -0.4 is 0 Å². The Morgan fingerprint density at radius 2 is 1.19 bits per heavy atom. The standard InChI is InChI=1S/C34H57O7P/c1-3-5-7-9-11-13-15-16-17-18-19-21-22-24-26-28-33(35)39-30-32(31-40-42(37)38)41-34(36)29-27-25-23-20-14-12-10-8-6-4-2/h4,8,10-11,13,16-17,32H,2-3,5-7,9,12,14-15,18-31H2,1H3/p+1/b10-8+,13-11-,17-16+/t32-/m1/s1. The van der Waals surface area contributed by atoms with E-state index in [1.807, 2.05) is 6.08 Å². The lowest BCUT2D eigenvalue weighted by atomic mass is 10.1. The van der Waals surface area contributed by atoms with Gasteiger partial charge in [0, 0.05) is 17.4 Å². The van der Waals surface area contributed by atoms with Crippen molar-refractivity contribution in [3.8, 4) is 0 Å².